The second kappa shape index (κ2) is 8.27. The van der Waals surface area contributed by atoms with E-state index in [-0.39, 0.29) is 28.7 Å². The number of para-hydroxylation sites is 1. The van der Waals surface area contributed by atoms with Crippen LogP contribution in [0, 0.1) is 11.6 Å². The molecule has 0 unspecified atom stereocenters. The van der Waals surface area contributed by atoms with E-state index in [1.807, 2.05) is 6.07 Å². The van der Waals surface area contributed by atoms with Crippen molar-refractivity contribution in [2.75, 3.05) is 5.32 Å². The lowest BCUT2D eigenvalue weighted by Crippen LogP contribution is -2.40. The number of halogens is 2. The summed E-state index contributed by atoms with van der Waals surface area (Å²) in [6.45, 7) is -0.0157. The third-order valence-corrected chi connectivity index (χ3v) is 6.43. The third kappa shape index (κ3) is 4.46. The van der Waals surface area contributed by atoms with Gasteiger partial charge in [0, 0.05) is 11.8 Å². The smallest absolute Gasteiger partial charge is 0.267 e. The van der Waals surface area contributed by atoms with E-state index in [9.17, 15) is 22.0 Å². The van der Waals surface area contributed by atoms with Crippen molar-refractivity contribution in [2.45, 2.75) is 17.9 Å². The van der Waals surface area contributed by atoms with Crippen molar-refractivity contribution in [3.63, 3.8) is 0 Å². The Hall–Kier alpha value is -3.59. The number of hydrogen-bond acceptors (Lipinski definition) is 4. The van der Waals surface area contributed by atoms with Gasteiger partial charge in [-0.05, 0) is 29.8 Å². The molecule has 158 valence electrons. The summed E-state index contributed by atoms with van der Waals surface area (Å²) in [5.74, 6) is -2.33. The average molecular weight is 441 g/mol. The Labute approximate surface area is 177 Å². The minimum atomic E-state index is -3.96. The van der Waals surface area contributed by atoms with Crippen LogP contribution in [-0.2, 0) is 21.4 Å². The van der Waals surface area contributed by atoms with Crippen molar-refractivity contribution in [2.24, 2.45) is 4.99 Å². The molecule has 0 saturated carbocycles. The summed E-state index contributed by atoms with van der Waals surface area (Å²) in [6.07, 6.45) is -0.404. The largest absolute Gasteiger partial charge is 0.325 e. The predicted molar refractivity (Wildman–Crippen MR) is 112 cm³/mol. The number of anilines is 1. The number of hydrogen-bond donors (Lipinski definition) is 1. The Morgan fingerprint density at radius 3 is 2.29 bits per heavy atom. The Morgan fingerprint density at radius 1 is 0.935 bits per heavy atom. The van der Waals surface area contributed by atoms with E-state index in [2.05, 4.69) is 10.3 Å². The molecule has 0 atom stereocenters. The molecule has 0 radical (unpaired) electrons. The van der Waals surface area contributed by atoms with Crippen molar-refractivity contribution >= 4 is 33.1 Å². The topological polar surface area (TPSA) is 78.8 Å². The van der Waals surface area contributed by atoms with Crippen molar-refractivity contribution in [3.8, 4) is 0 Å². The van der Waals surface area contributed by atoms with Crippen LogP contribution in [0.5, 0.6) is 0 Å². The number of rotatable bonds is 5. The first-order chi connectivity index (χ1) is 14.8. The van der Waals surface area contributed by atoms with Crippen LogP contribution in [0.25, 0.3) is 0 Å². The number of carbonyl (C=O) groups excluding carboxylic acids is 1. The Kier molecular flexibility index (Phi) is 5.51. The van der Waals surface area contributed by atoms with E-state index in [0.29, 0.717) is 11.6 Å². The molecule has 0 spiro atoms. The molecule has 0 fully saturated rings. The normalized spacial score (nSPS) is 14.5. The Morgan fingerprint density at radius 2 is 1.58 bits per heavy atom. The molecule has 0 aliphatic carbocycles. The second-order valence-electron chi connectivity index (χ2n) is 6.88. The summed E-state index contributed by atoms with van der Waals surface area (Å²) in [4.78, 5) is 17.0. The predicted octanol–water partition coefficient (Wildman–Crippen LogP) is 4.23. The summed E-state index contributed by atoms with van der Waals surface area (Å²) < 4.78 is 54.4. The number of fused-ring (bicyclic) bond motifs is 1. The highest BCUT2D eigenvalue weighted by molar-refractivity contribution is 7.90. The third-order valence-electron chi connectivity index (χ3n) is 4.60. The molecule has 6 nitrogen and oxygen atoms in total. The number of sulfonamides is 1. The van der Waals surface area contributed by atoms with Crippen molar-refractivity contribution in [3.05, 3.63) is 90.0 Å². The highest BCUT2D eigenvalue weighted by Crippen LogP contribution is 2.33. The zero-order chi connectivity index (χ0) is 22.0. The number of nitrogens with one attached hydrogen (secondary N) is 1. The van der Waals surface area contributed by atoms with Gasteiger partial charge in [0.1, 0.15) is 22.4 Å². The standard InChI is InChI=1S/C22H17F2N3O3S/c23-16-10-17(24)12-18(11-16)25-22(28)13-21-26-19-8-4-5-9-20(19)31(29,30)27(21)14-15-6-2-1-3-7-15/h1-12H,13-14H2,(H,25,28). The lowest BCUT2D eigenvalue weighted by molar-refractivity contribution is -0.115. The van der Waals surface area contributed by atoms with Crippen LogP contribution in [0.15, 0.2) is 82.7 Å². The fraction of sp³-hybridized carbons (Fsp3) is 0.0909. The zero-order valence-corrected chi connectivity index (χ0v) is 16.9. The number of aliphatic imine (C=N–C) groups is 1. The summed E-state index contributed by atoms with van der Waals surface area (Å²) in [6, 6.07) is 17.8. The molecule has 31 heavy (non-hydrogen) atoms. The lowest BCUT2D eigenvalue weighted by Gasteiger charge is -2.29. The molecule has 3 aromatic rings. The summed E-state index contributed by atoms with van der Waals surface area (Å²) in [7, 11) is -3.96. The molecule has 3 aromatic carbocycles. The number of amides is 1. The second-order valence-corrected chi connectivity index (χ2v) is 8.71. The van der Waals surface area contributed by atoms with Crippen LogP contribution in [-0.4, -0.2) is 24.5 Å². The maximum Gasteiger partial charge on any atom is 0.267 e. The quantitative estimate of drug-likeness (QED) is 0.644. The SMILES string of the molecule is O=C(CC1=Nc2ccccc2S(=O)(=O)N1Cc1ccccc1)Nc1cc(F)cc(F)c1. The van der Waals surface area contributed by atoms with Gasteiger partial charge in [-0.2, -0.15) is 0 Å². The highest BCUT2D eigenvalue weighted by atomic mass is 32.2. The maximum absolute atomic E-state index is 13.4. The van der Waals surface area contributed by atoms with Gasteiger partial charge in [-0.15, -0.1) is 0 Å². The van der Waals surface area contributed by atoms with Gasteiger partial charge in [-0.3, -0.25) is 4.79 Å². The first kappa shape index (κ1) is 20.7. The molecule has 4 rings (SSSR count). The van der Waals surface area contributed by atoms with E-state index in [1.54, 1.807) is 42.5 Å². The zero-order valence-electron chi connectivity index (χ0n) is 16.1. The van der Waals surface area contributed by atoms with E-state index in [1.165, 1.54) is 6.07 Å². The highest BCUT2D eigenvalue weighted by Gasteiger charge is 2.34. The number of carbonyl (C=O) groups is 1. The average Bonchev–Trinajstić information content (AvgIpc) is 2.71. The molecule has 0 bridgehead atoms. The van der Waals surface area contributed by atoms with Crippen LogP contribution in [0.3, 0.4) is 0 Å². The van der Waals surface area contributed by atoms with E-state index >= 15 is 0 Å². The van der Waals surface area contributed by atoms with E-state index in [4.69, 9.17) is 0 Å². The van der Waals surface area contributed by atoms with E-state index in [0.717, 1.165) is 16.4 Å². The summed E-state index contributed by atoms with van der Waals surface area (Å²) in [5, 5.41) is 2.39. The number of nitrogens with zero attached hydrogens (tertiary/aromatic N) is 2. The molecule has 1 aliphatic rings. The minimum Gasteiger partial charge on any atom is -0.325 e. The van der Waals surface area contributed by atoms with Crippen LogP contribution in [0.1, 0.15) is 12.0 Å². The van der Waals surface area contributed by atoms with Crippen LogP contribution >= 0.6 is 0 Å². The molecule has 1 aliphatic heterocycles. The fourth-order valence-electron chi connectivity index (χ4n) is 3.25. The van der Waals surface area contributed by atoms with Gasteiger partial charge >= 0.3 is 0 Å². The molecule has 0 saturated heterocycles. The van der Waals surface area contributed by atoms with Gasteiger partial charge in [0.25, 0.3) is 10.0 Å². The molecular weight excluding hydrogens is 424 g/mol. The van der Waals surface area contributed by atoms with Gasteiger partial charge in [0.05, 0.1) is 18.7 Å². The molecule has 9 heteroatoms. The molecule has 0 aromatic heterocycles. The Balaban J connectivity index is 1.67. The van der Waals surface area contributed by atoms with E-state index < -0.39 is 34.0 Å². The number of benzene rings is 3. The number of amidine groups is 1. The van der Waals surface area contributed by atoms with Gasteiger partial charge in [-0.1, -0.05) is 42.5 Å². The van der Waals surface area contributed by atoms with Crippen LogP contribution < -0.4 is 5.32 Å². The summed E-state index contributed by atoms with van der Waals surface area (Å²) >= 11 is 0. The van der Waals surface area contributed by atoms with Crippen molar-refractivity contribution < 1.29 is 22.0 Å². The van der Waals surface area contributed by atoms with Crippen LogP contribution in [0.2, 0.25) is 0 Å². The maximum atomic E-state index is 13.4. The molecular formula is C22H17F2N3O3S. The van der Waals surface area contributed by atoms with Gasteiger partial charge in [0.15, 0.2) is 0 Å². The first-order valence-electron chi connectivity index (χ1n) is 9.32. The van der Waals surface area contributed by atoms with Gasteiger partial charge in [0.2, 0.25) is 5.91 Å². The van der Waals surface area contributed by atoms with Crippen molar-refractivity contribution in [1.29, 1.82) is 0 Å². The minimum absolute atomic E-state index is 0.0110. The van der Waals surface area contributed by atoms with Gasteiger partial charge in [-0.25, -0.2) is 26.5 Å². The lowest BCUT2D eigenvalue weighted by atomic mass is 10.2. The molecule has 1 heterocycles. The Bertz CT molecular complexity index is 1260. The van der Waals surface area contributed by atoms with Crippen LogP contribution in [0.4, 0.5) is 20.2 Å². The van der Waals surface area contributed by atoms with Crippen molar-refractivity contribution in [1.82, 2.24) is 4.31 Å². The first-order valence-corrected chi connectivity index (χ1v) is 10.8. The van der Waals surface area contributed by atoms with Gasteiger partial charge < -0.3 is 5.32 Å². The monoisotopic (exact) mass is 441 g/mol. The molecule has 1 amide bonds. The molecule has 1 N–H and O–H groups in total. The summed E-state index contributed by atoms with van der Waals surface area (Å²) in [5.41, 5.74) is 0.869. The fourth-order valence-corrected chi connectivity index (χ4v) is 4.82.